The smallest absolute Gasteiger partial charge is 0.251 e. The van der Waals surface area contributed by atoms with Crippen LogP contribution in [0.1, 0.15) is 16.8 Å². The summed E-state index contributed by atoms with van der Waals surface area (Å²) in [5.74, 6) is -0.345. The van der Waals surface area contributed by atoms with Gasteiger partial charge in [0.15, 0.2) is 5.88 Å². The van der Waals surface area contributed by atoms with Crippen molar-refractivity contribution >= 4 is 27.8 Å². The number of nitrogens with zero attached hydrogens (tertiary/aromatic N) is 4. The maximum Gasteiger partial charge on any atom is 0.251 e. The van der Waals surface area contributed by atoms with Crippen molar-refractivity contribution in [2.24, 2.45) is 0 Å². The quantitative estimate of drug-likeness (QED) is 0.490. The third-order valence-corrected chi connectivity index (χ3v) is 6.93. The van der Waals surface area contributed by atoms with Crippen LogP contribution < -0.4 is 5.32 Å². The van der Waals surface area contributed by atoms with Crippen LogP contribution in [-0.2, 0) is 11.0 Å². The van der Waals surface area contributed by atoms with E-state index >= 15 is 0 Å². The summed E-state index contributed by atoms with van der Waals surface area (Å²) in [6.45, 7) is 3.46. The number of pyridine rings is 1. The molecule has 4 rings (SSSR count). The van der Waals surface area contributed by atoms with E-state index in [0.29, 0.717) is 32.6 Å². The number of likely N-dealkylation sites (N-methyl/N-ethyl adjacent to an activating group) is 1. The number of hydrogen-bond acceptors (Lipinski definition) is 6. The summed E-state index contributed by atoms with van der Waals surface area (Å²) in [7, 11) is 0.759. The van der Waals surface area contributed by atoms with E-state index in [1.165, 1.54) is 0 Å². The first kappa shape index (κ1) is 22.0. The molecule has 1 amide bonds. The molecule has 2 aromatic heterocycles. The second-order valence-corrected chi connectivity index (χ2v) is 9.12. The second-order valence-electron chi connectivity index (χ2n) is 7.63. The molecule has 0 spiro atoms. The van der Waals surface area contributed by atoms with Crippen LogP contribution in [0.5, 0.6) is 5.88 Å². The first-order valence-corrected chi connectivity index (χ1v) is 11.4. The van der Waals surface area contributed by atoms with Crippen molar-refractivity contribution in [2.45, 2.75) is 11.3 Å². The topological polar surface area (TPSA) is 125 Å². The molecule has 0 bridgehead atoms. The zero-order chi connectivity index (χ0) is 22.7. The van der Waals surface area contributed by atoms with Gasteiger partial charge in [-0.1, -0.05) is 0 Å². The number of aromatic nitrogens is 2. The Morgan fingerprint density at radius 3 is 2.75 bits per heavy atom. The molecule has 1 unspecified atom stereocenters. The normalized spacial score (nSPS) is 16.0. The Kier molecular flexibility index (Phi) is 6.50. The number of carbonyl (C=O) groups excluding carboxylic acids is 1. The summed E-state index contributed by atoms with van der Waals surface area (Å²) < 4.78 is 14.8. The van der Waals surface area contributed by atoms with E-state index in [4.69, 9.17) is 5.26 Å². The Morgan fingerprint density at radius 2 is 2.06 bits per heavy atom. The van der Waals surface area contributed by atoms with Crippen molar-refractivity contribution in [3.8, 4) is 23.2 Å². The molecule has 0 aliphatic carbocycles. The van der Waals surface area contributed by atoms with Crippen molar-refractivity contribution < 1.29 is 14.1 Å². The minimum atomic E-state index is -1.29. The molecule has 1 aliphatic heterocycles. The molecule has 0 saturated carbocycles. The number of hydrogen-bond donors (Lipinski definition) is 3. The summed E-state index contributed by atoms with van der Waals surface area (Å²) >= 11 is 0. The minimum Gasteiger partial charge on any atom is -0.494 e. The van der Waals surface area contributed by atoms with Gasteiger partial charge in [0.2, 0.25) is 0 Å². The first-order chi connectivity index (χ1) is 15.5. The van der Waals surface area contributed by atoms with E-state index in [1.807, 2.05) is 17.4 Å². The maximum absolute atomic E-state index is 12.9. The fourth-order valence-corrected chi connectivity index (χ4v) is 4.77. The third kappa shape index (κ3) is 4.50. The van der Waals surface area contributed by atoms with Crippen LogP contribution in [0.2, 0.25) is 0 Å². The zero-order valence-corrected chi connectivity index (χ0v) is 18.5. The van der Waals surface area contributed by atoms with Gasteiger partial charge >= 0.3 is 0 Å². The number of rotatable bonds is 6. The Labute approximate surface area is 188 Å². The number of nitrogens with one attached hydrogen (secondary N) is 2. The molecule has 32 heavy (non-hydrogen) atoms. The van der Waals surface area contributed by atoms with Crippen LogP contribution in [0.25, 0.3) is 22.2 Å². The lowest BCUT2D eigenvalue weighted by molar-refractivity contribution is 0.0954. The lowest BCUT2D eigenvalue weighted by Crippen LogP contribution is -2.45. The fourth-order valence-electron chi connectivity index (χ4n) is 3.65. The van der Waals surface area contributed by atoms with Gasteiger partial charge in [-0.25, -0.2) is 8.51 Å². The number of aromatic hydroxyl groups is 1. The second kappa shape index (κ2) is 9.48. The maximum atomic E-state index is 12.9. The number of aromatic amines is 1. The Balaban J connectivity index is 1.59. The van der Waals surface area contributed by atoms with Gasteiger partial charge in [-0.2, -0.15) is 5.26 Å². The molecule has 3 aromatic rings. The highest BCUT2D eigenvalue weighted by molar-refractivity contribution is 7.82. The van der Waals surface area contributed by atoms with E-state index in [0.717, 1.165) is 26.2 Å². The molecule has 0 radical (unpaired) electrons. The van der Waals surface area contributed by atoms with Crippen LogP contribution in [0, 0.1) is 11.3 Å². The van der Waals surface area contributed by atoms with E-state index in [1.54, 1.807) is 36.5 Å². The molecular formula is C22H24N6O3S. The predicted octanol–water partition coefficient (Wildman–Crippen LogP) is 1.85. The van der Waals surface area contributed by atoms with Crippen molar-refractivity contribution in [3.05, 3.63) is 42.1 Å². The van der Waals surface area contributed by atoms with Gasteiger partial charge in [-0.15, -0.1) is 0 Å². The largest absolute Gasteiger partial charge is 0.494 e. The standard InChI is InChI=1S/C22H24N6O3S/c1-27-9-11-28(12-10-27)32(31)16-4-6-19(25-14-16)20-17-13-15(21(29)24-8-2-7-23)3-5-18(17)26-22(20)30/h3-6,13-14,26,30H,2,8-12H2,1H3,(H,24,29). The molecule has 1 aliphatic rings. The van der Waals surface area contributed by atoms with Gasteiger partial charge in [0.25, 0.3) is 5.91 Å². The van der Waals surface area contributed by atoms with Crippen LogP contribution in [0.4, 0.5) is 0 Å². The summed E-state index contributed by atoms with van der Waals surface area (Å²) in [6.07, 6.45) is 1.80. The van der Waals surface area contributed by atoms with Gasteiger partial charge < -0.3 is 20.3 Å². The van der Waals surface area contributed by atoms with E-state index in [9.17, 15) is 14.1 Å². The highest BCUT2D eigenvalue weighted by Crippen LogP contribution is 2.36. The lowest BCUT2D eigenvalue weighted by atomic mass is 10.1. The molecule has 1 aromatic carbocycles. The Morgan fingerprint density at radius 1 is 1.28 bits per heavy atom. The summed E-state index contributed by atoms with van der Waals surface area (Å²) in [6, 6.07) is 10.5. The van der Waals surface area contributed by atoms with Gasteiger partial charge in [0, 0.05) is 55.4 Å². The van der Waals surface area contributed by atoms with E-state index in [2.05, 4.69) is 20.2 Å². The summed E-state index contributed by atoms with van der Waals surface area (Å²) in [5, 5.41) is 22.5. The van der Waals surface area contributed by atoms with Crippen molar-refractivity contribution in [1.29, 1.82) is 5.26 Å². The molecular weight excluding hydrogens is 428 g/mol. The Bertz CT molecular complexity index is 1190. The zero-order valence-electron chi connectivity index (χ0n) is 17.7. The van der Waals surface area contributed by atoms with Crippen LogP contribution in [0.15, 0.2) is 41.4 Å². The molecule has 10 heteroatoms. The summed E-state index contributed by atoms with van der Waals surface area (Å²) in [4.78, 5) is 22.5. The van der Waals surface area contributed by atoms with Crippen LogP contribution in [-0.4, -0.2) is 74.2 Å². The van der Waals surface area contributed by atoms with Gasteiger partial charge in [0.1, 0.15) is 11.0 Å². The highest BCUT2D eigenvalue weighted by Gasteiger charge is 2.21. The molecule has 166 valence electrons. The fraction of sp³-hybridized carbons (Fsp3) is 0.318. The summed E-state index contributed by atoms with van der Waals surface area (Å²) in [5.41, 5.74) is 2.07. The number of piperazine rings is 1. The molecule has 9 nitrogen and oxygen atoms in total. The van der Waals surface area contributed by atoms with Gasteiger partial charge in [0.05, 0.1) is 28.6 Å². The Hall–Kier alpha value is -3.26. The number of carbonyl (C=O) groups is 1. The molecule has 3 heterocycles. The number of nitriles is 1. The number of amides is 1. The average Bonchev–Trinajstić information content (AvgIpc) is 3.14. The highest BCUT2D eigenvalue weighted by atomic mass is 32.2. The molecule has 1 atom stereocenters. The first-order valence-electron chi connectivity index (χ1n) is 10.3. The number of H-pyrrole nitrogens is 1. The van der Waals surface area contributed by atoms with E-state index in [-0.39, 0.29) is 24.8 Å². The molecule has 1 saturated heterocycles. The van der Waals surface area contributed by atoms with Gasteiger partial charge in [-0.05, 0) is 37.4 Å². The monoisotopic (exact) mass is 452 g/mol. The number of benzene rings is 1. The van der Waals surface area contributed by atoms with Crippen LogP contribution >= 0.6 is 0 Å². The SMILES string of the molecule is CN1CCN(S(=O)c2ccc(-c3c(O)[nH]c4ccc(C(=O)NCCC#N)cc34)nc2)CC1. The average molecular weight is 453 g/mol. The lowest BCUT2D eigenvalue weighted by Gasteiger charge is -2.31. The number of fused-ring (bicyclic) bond motifs is 1. The van der Waals surface area contributed by atoms with Crippen LogP contribution in [0.3, 0.4) is 0 Å². The third-order valence-electron chi connectivity index (χ3n) is 5.45. The van der Waals surface area contributed by atoms with Crippen molar-refractivity contribution in [2.75, 3.05) is 39.8 Å². The van der Waals surface area contributed by atoms with Crippen molar-refractivity contribution in [3.63, 3.8) is 0 Å². The molecule has 3 N–H and O–H groups in total. The van der Waals surface area contributed by atoms with Crippen molar-refractivity contribution in [1.82, 2.24) is 24.5 Å². The molecule has 1 fully saturated rings. The van der Waals surface area contributed by atoms with Gasteiger partial charge in [-0.3, -0.25) is 9.78 Å². The minimum absolute atomic E-state index is 0.0533. The van der Waals surface area contributed by atoms with E-state index < -0.39 is 11.0 Å². The predicted molar refractivity (Wildman–Crippen MR) is 121 cm³/mol.